The van der Waals surface area contributed by atoms with Gasteiger partial charge in [-0.2, -0.15) is 0 Å². The van der Waals surface area contributed by atoms with Gasteiger partial charge in [-0.15, -0.1) is 12.4 Å². The second kappa shape index (κ2) is 7.63. The van der Waals surface area contributed by atoms with E-state index in [4.69, 9.17) is 5.73 Å². The van der Waals surface area contributed by atoms with Crippen molar-refractivity contribution in [3.8, 4) is 0 Å². The number of halogens is 2. The van der Waals surface area contributed by atoms with E-state index in [-0.39, 0.29) is 24.1 Å². The fourth-order valence-corrected chi connectivity index (χ4v) is 4.08. The summed E-state index contributed by atoms with van der Waals surface area (Å²) >= 11 is 0. The van der Waals surface area contributed by atoms with Crippen molar-refractivity contribution in [1.29, 1.82) is 0 Å². The Bertz CT molecular complexity index is 546. The van der Waals surface area contributed by atoms with Crippen LogP contribution in [0.2, 0.25) is 0 Å². The molecule has 2 N–H and O–H groups in total. The standard InChI is InChI=1S/C18H25FN2O.ClH/c19-16-6-4-5-15(11-16)18(8-2-1-3-9-18)17(22)21-10-7-14(12-20)13-21;/h4-6,11,14H,1-3,7-10,12-13,20H2;1H. The summed E-state index contributed by atoms with van der Waals surface area (Å²) in [4.78, 5) is 15.2. The van der Waals surface area contributed by atoms with Crippen LogP contribution in [0.4, 0.5) is 4.39 Å². The van der Waals surface area contributed by atoms with E-state index >= 15 is 0 Å². The van der Waals surface area contributed by atoms with Crippen molar-refractivity contribution in [1.82, 2.24) is 4.90 Å². The van der Waals surface area contributed by atoms with E-state index in [0.29, 0.717) is 12.5 Å². The molecular weight excluding hydrogens is 315 g/mol. The lowest BCUT2D eigenvalue weighted by Gasteiger charge is -2.39. The molecule has 0 bridgehead atoms. The third-order valence-electron chi connectivity index (χ3n) is 5.40. The Morgan fingerprint density at radius 1 is 1.30 bits per heavy atom. The predicted molar refractivity (Wildman–Crippen MR) is 92.2 cm³/mol. The molecule has 2 fully saturated rings. The number of nitrogens with two attached hydrogens (primary N) is 1. The zero-order chi connectivity index (χ0) is 15.6. The highest BCUT2D eigenvalue weighted by molar-refractivity contribution is 5.88. The van der Waals surface area contributed by atoms with Crippen LogP contribution in [0.1, 0.15) is 44.1 Å². The smallest absolute Gasteiger partial charge is 0.233 e. The molecule has 0 spiro atoms. The number of hydrogen-bond acceptors (Lipinski definition) is 2. The number of nitrogens with zero attached hydrogens (tertiary/aromatic N) is 1. The summed E-state index contributed by atoms with van der Waals surface area (Å²) in [6.45, 7) is 2.18. The Morgan fingerprint density at radius 3 is 2.65 bits per heavy atom. The van der Waals surface area contributed by atoms with Crippen molar-refractivity contribution in [2.24, 2.45) is 11.7 Å². The Hall–Kier alpha value is -1.13. The lowest BCUT2D eigenvalue weighted by atomic mass is 9.68. The maximum absolute atomic E-state index is 13.7. The van der Waals surface area contributed by atoms with Crippen LogP contribution >= 0.6 is 12.4 Å². The summed E-state index contributed by atoms with van der Waals surface area (Å²) in [6, 6.07) is 6.65. The van der Waals surface area contributed by atoms with Crippen molar-refractivity contribution in [3.05, 3.63) is 35.6 Å². The van der Waals surface area contributed by atoms with Crippen LogP contribution in [-0.2, 0) is 10.2 Å². The van der Waals surface area contributed by atoms with Crippen LogP contribution in [0.3, 0.4) is 0 Å². The fraction of sp³-hybridized carbons (Fsp3) is 0.611. The molecular formula is C18H26ClFN2O. The number of carbonyl (C=O) groups is 1. The molecule has 2 aliphatic rings. The maximum Gasteiger partial charge on any atom is 0.233 e. The van der Waals surface area contributed by atoms with Gasteiger partial charge in [-0.25, -0.2) is 4.39 Å². The first-order chi connectivity index (χ1) is 10.7. The van der Waals surface area contributed by atoms with Gasteiger partial charge in [0.1, 0.15) is 5.82 Å². The normalized spacial score (nSPS) is 23.4. The molecule has 1 aliphatic carbocycles. The molecule has 0 radical (unpaired) electrons. The number of hydrogen-bond donors (Lipinski definition) is 1. The summed E-state index contributed by atoms with van der Waals surface area (Å²) in [6.07, 6.45) is 5.89. The largest absolute Gasteiger partial charge is 0.342 e. The zero-order valence-electron chi connectivity index (χ0n) is 13.5. The third-order valence-corrected chi connectivity index (χ3v) is 5.40. The molecule has 5 heteroatoms. The predicted octanol–water partition coefficient (Wildman–Crippen LogP) is 3.26. The van der Waals surface area contributed by atoms with E-state index in [1.54, 1.807) is 12.1 Å². The number of benzene rings is 1. The van der Waals surface area contributed by atoms with Gasteiger partial charge in [0.05, 0.1) is 5.41 Å². The Labute approximate surface area is 143 Å². The van der Waals surface area contributed by atoms with Gasteiger partial charge in [0.25, 0.3) is 0 Å². The average molecular weight is 341 g/mol. The van der Waals surface area contributed by atoms with Crippen LogP contribution in [0.5, 0.6) is 0 Å². The summed E-state index contributed by atoms with van der Waals surface area (Å²) in [7, 11) is 0. The molecule has 3 nitrogen and oxygen atoms in total. The quantitative estimate of drug-likeness (QED) is 0.918. The van der Waals surface area contributed by atoms with Gasteiger partial charge < -0.3 is 10.6 Å². The fourth-order valence-electron chi connectivity index (χ4n) is 4.08. The van der Waals surface area contributed by atoms with E-state index in [9.17, 15) is 9.18 Å². The molecule has 23 heavy (non-hydrogen) atoms. The van der Waals surface area contributed by atoms with E-state index in [2.05, 4.69) is 0 Å². The lowest BCUT2D eigenvalue weighted by Crippen LogP contribution is -2.47. The molecule has 1 saturated carbocycles. The Balaban J connectivity index is 0.00000192. The first-order valence-corrected chi connectivity index (χ1v) is 8.41. The van der Waals surface area contributed by atoms with E-state index < -0.39 is 5.41 Å². The number of rotatable bonds is 3. The minimum absolute atomic E-state index is 0. The minimum Gasteiger partial charge on any atom is -0.342 e. The molecule has 1 aliphatic heterocycles. The minimum atomic E-state index is -0.524. The molecule has 1 atom stereocenters. The molecule has 128 valence electrons. The highest BCUT2D eigenvalue weighted by atomic mass is 35.5. The van der Waals surface area contributed by atoms with E-state index in [1.807, 2.05) is 11.0 Å². The van der Waals surface area contributed by atoms with Crippen LogP contribution < -0.4 is 5.73 Å². The molecule has 1 aromatic carbocycles. The van der Waals surface area contributed by atoms with Crippen LogP contribution in [-0.4, -0.2) is 30.4 Å². The molecule has 3 rings (SSSR count). The highest BCUT2D eigenvalue weighted by Crippen LogP contribution is 2.42. The van der Waals surface area contributed by atoms with E-state index in [1.165, 1.54) is 6.07 Å². The van der Waals surface area contributed by atoms with Gasteiger partial charge in [0.15, 0.2) is 0 Å². The van der Waals surface area contributed by atoms with Crippen LogP contribution in [0.15, 0.2) is 24.3 Å². The lowest BCUT2D eigenvalue weighted by molar-refractivity contribution is -0.138. The SMILES string of the molecule is Cl.NCC1CCN(C(=O)C2(c3cccc(F)c3)CCCCC2)C1. The number of likely N-dealkylation sites (tertiary alicyclic amines) is 1. The monoisotopic (exact) mass is 340 g/mol. The van der Waals surface area contributed by atoms with Crippen LogP contribution in [0, 0.1) is 11.7 Å². The molecule has 1 amide bonds. The summed E-state index contributed by atoms with van der Waals surface area (Å²) in [5.74, 6) is 0.349. The van der Waals surface area contributed by atoms with Gasteiger partial charge in [-0.1, -0.05) is 31.4 Å². The van der Waals surface area contributed by atoms with Crippen molar-refractivity contribution < 1.29 is 9.18 Å². The van der Waals surface area contributed by atoms with Gasteiger partial charge in [-0.05, 0) is 49.4 Å². The number of amides is 1. The Kier molecular flexibility index (Phi) is 6.04. The van der Waals surface area contributed by atoms with Gasteiger partial charge in [0.2, 0.25) is 5.91 Å². The Morgan fingerprint density at radius 2 is 2.04 bits per heavy atom. The first-order valence-electron chi connectivity index (χ1n) is 8.41. The molecule has 0 aromatic heterocycles. The molecule has 1 aromatic rings. The van der Waals surface area contributed by atoms with Crippen molar-refractivity contribution in [2.45, 2.75) is 43.9 Å². The van der Waals surface area contributed by atoms with Crippen molar-refractivity contribution >= 4 is 18.3 Å². The first kappa shape index (κ1) is 18.2. The average Bonchev–Trinajstić information content (AvgIpc) is 3.04. The molecule has 1 unspecified atom stereocenters. The topological polar surface area (TPSA) is 46.3 Å². The van der Waals surface area contributed by atoms with Crippen molar-refractivity contribution in [3.63, 3.8) is 0 Å². The highest BCUT2D eigenvalue weighted by Gasteiger charge is 2.44. The second-order valence-electron chi connectivity index (χ2n) is 6.79. The summed E-state index contributed by atoms with van der Waals surface area (Å²) < 4.78 is 13.7. The maximum atomic E-state index is 13.7. The van der Waals surface area contributed by atoms with E-state index in [0.717, 1.165) is 57.2 Å². The van der Waals surface area contributed by atoms with Crippen LogP contribution in [0.25, 0.3) is 0 Å². The van der Waals surface area contributed by atoms with Crippen molar-refractivity contribution in [2.75, 3.05) is 19.6 Å². The summed E-state index contributed by atoms with van der Waals surface area (Å²) in [5.41, 5.74) is 6.08. The zero-order valence-corrected chi connectivity index (χ0v) is 14.3. The van der Waals surface area contributed by atoms with Gasteiger partial charge in [0, 0.05) is 13.1 Å². The second-order valence-corrected chi connectivity index (χ2v) is 6.79. The number of carbonyl (C=O) groups excluding carboxylic acids is 1. The van der Waals surface area contributed by atoms with Gasteiger partial charge in [-0.3, -0.25) is 4.79 Å². The molecule has 1 heterocycles. The summed E-state index contributed by atoms with van der Waals surface area (Å²) in [5, 5.41) is 0. The third kappa shape index (κ3) is 3.53. The molecule has 1 saturated heterocycles. The van der Waals surface area contributed by atoms with Gasteiger partial charge >= 0.3 is 0 Å².